The van der Waals surface area contributed by atoms with E-state index in [0.29, 0.717) is 32.0 Å². The van der Waals surface area contributed by atoms with E-state index in [9.17, 15) is 9.59 Å². The molecule has 4 rings (SSSR count). The van der Waals surface area contributed by atoms with Gasteiger partial charge in [0.25, 0.3) is 5.91 Å². The minimum atomic E-state index is -0.356. The number of carbonyl (C=O) groups excluding carboxylic acids is 2. The van der Waals surface area contributed by atoms with Crippen LogP contribution in [-0.4, -0.2) is 49.1 Å². The molecule has 0 N–H and O–H groups in total. The molecule has 2 aromatic rings. The number of amides is 2. The van der Waals surface area contributed by atoms with Crippen molar-refractivity contribution >= 4 is 28.3 Å². The highest BCUT2D eigenvalue weighted by atomic mass is 16.5. The summed E-state index contributed by atoms with van der Waals surface area (Å²) >= 11 is 0. The van der Waals surface area contributed by atoms with Crippen molar-refractivity contribution in [3.8, 4) is 0 Å². The van der Waals surface area contributed by atoms with E-state index in [-0.39, 0.29) is 24.3 Å². The molecule has 0 radical (unpaired) electrons. The third-order valence-corrected chi connectivity index (χ3v) is 4.62. The van der Waals surface area contributed by atoms with Gasteiger partial charge in [0.2, 0.25) is 5.91 Å². The minimum Gasteiger partial charge on any atom is -0.379 e. The second-order valence-corrected chi connectivity index (χ2v) is 5.93. The molecule has 0 spiro atoms. The van der Waals surface area contributed by atoms with Crippen molar-refractivity contribution in [3.05, 3.63) is 42.5 Å². The van der Waals surface area contributed by atoms with Crippen molar-refractivity contribution in [1.82, 2.24) is 4.90 Å². The molecule has 2 fully saturated rings. The Kier molecular flexibility index (Phi) is 3.59. The lowest BCUT2D eigenvalue weighted by atomic mass is 10.1. The van der Waals surface area contributed by atoms with E-state index >= 15 is 0 Å². The van der Waals surface area contributed by atoms with Gasteiger partial charge in [0.15, 0.2) is 0 Å². The molecule has 118 valence electrons. The first kappa shape index (κ1) is 14.4. The Morgan fingerprint density at radius 3 is 2.52 bits per heavy atom. The molecule has 1 atom stereocenters. The van der Waals surface area contributed by atoms with Crippen LogP contribution >= 0.6 is 0 Å². The topological polar surface area (TPSA) is 49.9 Å². The monoisotopic (exact) mass is 310 g/mol. The van der Waals surface area contributed by atoms with E-state index in [1.54, 1.807) is 0 Å². The lowest BCUT2D eigenvalue weighted by Gasteiger charge is -2.30. The first-order chi connectivity index (χ1) is 11.3. The number of imide groups is 1. The largest absolute Gasteiger partial charge is 0.379 e. The quantitative estimate of drug-likeness (QED) is 0.794. The van der Waals surface area contributed by atoms with E-state index in [1.807, 2.05) is 42.5 Å². The first-order valence-electron chi connectivity index (χ1n) is 7.92. The molecule has 2 heterocycles. The molecule has 5 heteroatoms. The molecular weight excluding hydrogens is 292 g/mol. The fourth-order valence-corrected chi connectivity index (χ4v) is 3.45. The average Bonchev–Trinajstić information content (AvgIpc) is 2.90. The van der Waals surface area contributed by atoms with Gasteiger partial charge in [0.05, 0.1) is 31.4 Å². The van der Waals surface area contributed by atoms with Crippen LogP contribution in [0.5, 0.6) is 0 Å². The van der Waals surface area contributed by atoms with Crippen LogP contribution in [-0.2, 0) is 14.3 Å². The molecule has 2 aromatic carbocycles. The van der Waals surface area contributed by atoms with Gasteiger partial charge in [0.1, 0.15) is 0 Å². The van der Waals surface area contributed by atoms with Gasteiger partial charge < -0.3 is 4.74 Å². The van der Waals surface area contributed by atoms with Crippen molar-refractivity contribution in [1.29, 1.82) is 0 Å². The normalized spacial score (nSPS) is 23.0. The van der Waals surface area contributed by atoms with E-state index in [0.717, 1.165) is 10.8 Å². The summed E-state index contributed by atoms with van der Waals surface area (Å²) in [5, 5.41) is 1.96. The Bertz CT molecular complexity index is 762. The highest BCUT2D eigenvalue weighted by molar-refractivity contribution is 6.25. The second-order valence-electron chi connectivity index (χ2n) is 5.93. The molecule has 5 nitrogen and oxygen atoms in total. The van der Waals surface area contributed by atoms with Gasteiger partial charge >= 0.3 is 0 Å². The molecule has 2 aliphatic heterocycles. The average molecular weight is 310 g/mol. The number of fused-ring (bicyclic) bond motifs is 1. The third-order valence-electron chi connectivity index (χ3n) is 4.62. The highest BCUT2D eigenvalue weighted by Gasteiger charge is 2.43. The van der Waals surface area contributed by atoms with Crippen LogP contribution in [0.15, 0.2) is 42.5 Å². The zero-order chi connectivity index (χ0) is 15.8. The molecule has 0 aromatic heterocycles. The summed E-state index contributed by atoms with van der Waals surface area (Å²) in [6, 6.07) is 13.2. The van der Waals surface area contributed by atoms with Crippen molar-refractivity contribution in [2.24, 2.45) is 0 Å². The van der Waals surface area contributed by atoms with Crippen molar-refractivity contribution < 1.29 is 14.3 Å². The number of carbonyl (C=O) groups is 2. The molecule has 0 saturated carbocycles. The SMILES string of the molecule is O=C1C[C@H](N2CCOCC2)C(=O)N1c1cccc2ccccc12. The van der Waals surface area contributed by atoms with Gasteiger partial charge in [-0.2, -0.15) is 0 Å². The number of benzene rings is 2. The number of rotatable bonds is 2. The maximum atomic E-state index is 12.9. The number of anilines is 1. The fraction of sp³-hybridized carbons (Fsp3) is 0.333. The zero-order valence-corrected chi connectivity index (χ0v) is 12.8. The molecule has 0 unspecified atom stereocenters. The van der Waals surface area contributed by atoms with Gasteiger partial charge in [0, 0.05) is 18.5 Å². The van der Waals surface area contributed by atoms with Crippen molar-refractivity contribution in [2.45, 2.75) is 12.5 Å². The van der Waals surface area contributed by atoms with Crippen LogP contribution in [0.2, 0.25) is 0 Å². The van der Waals surface area contributed by atoms with E-state index in [2.05, 4.69) is 4.90 Å². The Balaban J connectivity index is 1.71. The Labute approximate surface area is 134 Å². The number of hydrogen-bond acceptors (Lipinski definition) is 4. The van der Waals surface area contributed by atoms with Crippen LogP contribution in [0.4, 0.5) is 5.69 Å². The van der Waals surface area contributed by atoms with Crippen molar-refractivity contribution in [2.75, 3.05) is 31.2 Å². The maximum Gasteiger partial charge on any atom is 0.251 e. The lowest BCUT2D eigenvalue weighted by Crippen LogP contribution is -2.47. The summed E-state index contributed by atoms with van der Waals surface area (Å²) in [5.41, 5.74) is 0.689. The summed E-state index contributed by atoms with van der Waals surface area (Å²) in [4.78, 5) is 28.8. The smallest absolute Gasteiger partial charge is 0.251 e. The standard InChI is InChI=1S/C18H18N2O3/c21-17-12-16(19-8-10-23-11-9-19)18(22)20(17)15-7-3-5-13-4-1-2-6-14(13)15/h1-7,16H,8-12H2/t16-/m0/s1. The lowest BCUT2D eigenvalue weighted by molar-refractivity contribution is -0.123. The fourth-order valence-electron chi connectivity index (χ4n) is 3.45. The predicted molar refractivity (Wildman–Crippen MR) is 87.2 cm³/mol. The van der Waals surface area contributed by atoms with Crippen LogP contribution in [0.3, 0.4) is 0 Å². The summed E-state index contributed by atoms with van der Waals surface area (Å²) in [6.07, 6.45) is 0.252. The molecule has 23 heavy (non-hydrogen) atoms. The molecular formula is C18H18N2O3. The number of ether oxygens (including phenoxy) is 1. The van der Waals surface area contributed by atoms with E-state index < -0.39 is 0 Å². The molecule has 2 amide bonds. The van der Waals surface area contributed by atoms with Gasteiger partial charge in [-0.1, -0.05) is 36.4 Å². The summed E-state index contributed by atoms with van der Waals surface area (Å²) in [7, 11) is 0. The maximum absolute atomic E-state index is 12.9. The number of hydrogen-bond donors (Lipinski definition) is 0. The Morgan fingerprint density at radius 2 is 1.70 bits per heavy atom. The van der Waals surface area contributed by atoms with E-state index in [1.165, 1.54) is 4.90 Å². The summed E-state index contributed by atoms with van der Waals surface area (Å²) < 4.78 is 5.34. The number of nitrogens with zero attached hydrogens (tertiary/aromatic N) is 2. The molecule has 2 aliphatic rings. The van der Waals surface area contributed by atoms with Gasteiger partial charge in [-0.3, -0.25) is 14.5 Å². The molecule has 0 aliphatic carbocycles. The summed E-state index contributed by atoms with van der Waals surface area (Å²) in [5.74, 6) is -0.240. The van der Waals surface area contributed by atoms with Gasteiger partial charge in [-0.25, -0.2) is 4.90 Å². The van der Waals surface area contributed by atoms with Crippen LogP contribution in [0.1, 0.15) is 6.42 Å². The second kappa shape index (κ2) is 5.76. The molecule has 0 bridgehead atoms. The van der Waals surface area contributed by atoms with E-state index in [4.69, 9.17) is 4.74 Å². The van der Waals surface area contributed by atoms with Gasteiger partial charge in [-0.15, -0.1) is 0 Å². The first-order valence-corrected chi connectivity index (χ1v) is 7.92. The zero-order valence-electron chi connectivity index (χ0n) is 12.8. The van der Waals surface area contributed by atoms with Gasteiger partial charge in [-0.05, 0) is 11.5 Å². The Morgan fingerprint density at radius 1 is 0.957 bits per heavy atom. The number of morpholine rings is 1. The van der Waals surface area contributed by atoms with Crippen molar-refractivity contribution in [3.63, 3.8) is 0 Å². The third kappa shape index (κ3) is 2.42. The van der Waals surface area contributed by atoms with Crippen LogP contribution in [0.25, 0.3) is 10.8 Å². The predicted octanol–water partition coefficient (Wildman–Crippen LogP) is 1.80. The minimum absolute atomic E-state index is 0.117. The van der Waals surface area contributed by atoms with Crippen LogP contribution in [0, 0.1) is 0 Å². The van der Waals surface area contributed by atoms with Crippen LogP contribution < -0.4 is 4.90 Å². The summed E-state index contributed by atoms with van der Waals surface area (Å²) in [6.45, 7) is 2.64. The molecule has 2 saturated heterocycles. The highest BCUT2D eigenvalue weighted by Crippen LogP contribution is 2.32. The Hall–Kier alpha value is -2.24.